The van der Waals surface area contributed by atoms with Gasteiger partial charge in [-0.25, -0.2) is 0 Å². The number of pyridine rings is 1. The van der Waals surface area contributed by atoms with Crippen molar-refractivity contribution < 1.29 is 24.2 Å². The van der Waals surface area contributed by atoms with E-state index in [0.717, 1.165) is 19.3 Å². The van der Waals surface area contributed by atoms with Crippen LogP contribution in [0.2, 0.25) is 5.02 Å². The van der Waals surface area contributed by atoms with E-state index in [2.05, 4.69) is 15.6 Å². The van der Waals surface area contributed by atoms with Crippen LogP contribution in [0, 0.1) is 0 Å². The number of benzene rings is 2. The number of aliphatic hydroxyl groups is 1. The topological polar surface area (TPSA) is 136 Å². The average Bonchev–Trinajstić information content (AvgIpc) is 2.82. The van der Waals surface area contributed by atoms with Crippen molar-refractivity contribution in [3.05, 3.63) is 64.6 Å². The van der Waals surface area contributed by atoms with Gasteiger partial charge >= 0.3 is 0 Å². The highest BCUT2D eigenvalue weighted by atomic mass is 35.5. The number of primary amides is 1. The van der Waals surface area contributed by atoms with E-state index in [-0.39, 0.29) is 17.4 Å². The zero-order valence-electron chi connectivity index (χ0n) is 18.8. The molecule has 35 heavy (non-hydrogen) atoms. The maximum Gasteiger partial charge on any atom is 0.252 e. The van der Waals surface area contributed by atoms with Crippen molar-refractivity contribution in [2.24, 2.45) is 5.73 Å². The minimum absolute atomic E-state index is 0.212. The highest BCUT2D eigenvalue weighted by Gasteiger charge is 2.40. The molecule has 2 aliphatic rings. The van der Waals surface area contributed by atoms with Crippen LogP contribution < -0.4 is 25.8 Å². The van der Waals surface area contributed by atoms with Crippen molar-refractivity contribution in [1.29, 1.82) is 0 Å². The van der Waals surface area contributed by atoms with Crippen molar-refractivity contribution >= 4 is 39.9 Å². The van der Waals surface area contributed by atoms with Crippen LogP contribution in [0.25, 0.3) is 10.9 Å². The van der Waals surface area contributed by atoms with E-state index < -0.39 is 12.0 Å². The summed E-state index contributed by atoms with van der Waals surface area (Å²) in [4.78, 5) is 28.3. The van der Waals surface area contributed by atoms with E-state index in [4.69, 9.17) is 26.8 Å². The fraction of sp³-hybridized carbons (Fsp3) is 0.240. The Bertz CT molecular complexity index is 1390. The number of amides is 1. The maximum absolute atomic E-state index is 12.1. The standard InChI is InChI=1S/C25H23ClN4O5/c1-34-20-11-18-14(10-15(20)25(27)33)19(7-8-28-18)35-13-5-6-17(16(26)9-13)30-22-21(23(31)24(22)32)29-12-3-2-4-12/h5-12,24,29-30,32H,2-4H2,1H3,(H2,27,33). The van der Waals surface area contributed by atoms with Gasteiger partial charge in [-0.2, -0.15) is 0 Å². The lowest BCUT2D eigenvalue weighted by molar-refractivity contribution is -0.125. The summed E-state index contributed by atoms with van der Waals surface area (Å²) in [6, 6.07) is 10.1. The van der Waals surface area contributed by atoms with Crippen LogP contribution >= 0.6 is 11.6 Å². The molecule has 10 heteroatoms. The number of hydrogen-bond donors (Lipinski definition) is 4. The van der Waals surface area contributed by atoms with Crippen LogP contribution in [0.15, 0.2) is 54.0 Å². The highest BCUT2D eigenvalue weighted by Crippen LogP contribution is 2.36. The van der Waals surface area contributed by atoms with E-state index >= 15 is 0 Å². The molecule has 1 heterocycles. The van der Waals surface area contributed by atoms with Gasteiger partial charge in [-0.1, -0.05) is 11.6 Å². The molecule has 1 fully saturated rings. The number of ketones is 1. The molecule has 1 amide bonds. The van der Waals surface area contributed by atoms with Crippen LogP contribution in [0.1, 0.15) is 29.6 Å². The molecule has 1 unspecified atom stereocenters. The zero-order chi connectivity index (χ0) is 24.7. The number of rotatable bonds is 8. The largest absolute Gasteiger partial charge is 0.496 e. The molecule has 0 saturated heterocycles. The summed E-state index contributed by atoms with van der Waals surface area (Å²) in [7, 11) is 1.45. The van der Waals surface area contributed by atoms with Crippen LogP contribution in [-0.2, 0) is 4.79 Å². The predicted octanol–water partition coefficient (Wildman–Crippen LogP) is 3.50. The summed E-state index contributed by atoms with van der Waals surface area (Å²) in [5, 5.41) is 17.3. The molecule has 2 aliphatic carbocycles. The molecule has 9 nitrogen and oxygen atoms in total. The first-order valence-corrected chi connectivity index (χ1v) is 11.5. The van der Waals surface area contributed by atoms with Gasteiger partial charge < -0.3 is 30.9 Å². The number of carbonyl (C=O) groups is 2. The number of nitrogens with one attached hydrogen (secondary N) is 2. The van der Waals surface area contributed by atoms with Gasteiger partial charge in [0, 0.05) is 29.8 Å². The number of carbonyl (C=O) groups excluding carboxylic acids is 2. The molecule has 3 aromatic rings. The lowest BCUT2D eigenvalue weighted by atomic mass is 9.89. The SMILES string of the molecule is COc1cc2nccc(Oc3ccc(NC4=C(NC5CCC5)C(=O)C4O)c(Cl)c3)c2cc1C(N)=O. The van der Waals surface area contributed by atoms with Gasteiger partial charge in [0.1, 0.15) is 22.9 Å². The molecule has 0 spiro atoms. The zero-order valence-corrected chi connectivity index (χ0v) is 19.6. The Hall–Kier alpha value is -3.82. The summed E-state index contributed by atoms with van der Waals surface area (Å²) in [5.41, 5.74) is 7.60. The van der Waals surface area contributed by atoms with Gasteiger partial charge in [-0.15, -0.1) is 0 Å². The first kappa shape index (κ1) is 22.9. The Morgan fingerprint density at radius 3 is 2.66 bits per heavy atom. The molecule has 180 valence electrons. The lowest BCUT2D eigenvalue weighted by Gasteiger charge is -2.35. The number of ether oxygens (including phenoxy) is 2. The molecule has 0 bridgehead atoms. The van der Waals surface area contributed by atoms with Gasteiger partial charge in [0.15, 0.2) is 6.10 Å². The molecular weight excluding hydrogens is 472 g/mol. The molecule has 5 rings (SSSR count). The van der Waals surface area contributed by atoms with Crippen molar-refractivity contribution in [2.75, 3.05) is 12.4 Å². The number of aromatic nitrogens is 1. The van der Waals surface area contributed by atoms with Gasteiger partial charge in [0.25, 0.3) is 5.91 Å². The summed E-state index contributed by atoms with van der Waals surface area (Å²) < 4.78 is 11.3. The van der Waals surface area contributed by atoms with Crippen LogP contribution in [0.3, 0.4) is 0 Å². The number of nitrogens with two attached hydrogens (primary N) is 1. The van der Waals surface area contributed by atoms with Gasteiger partial charge in [-0.05, 0) is 43.5 Å². The summed E-state index contributed by atoms with van der Waals surface area (Å²) in [6.45, 7) is 0. The van der Waals surface area contributed by atoms with E-state index in [0.29, 0.717) is 50.3 Å². The van der Waals surface area contributed by atoms with Gasteiger partial charge in [0.2, 0.25) is 5.78 Å². The molecule has 2 aromatic carbocycles. The minimum atomic E-state index is -1.20. The van der Waals surface area contributed by atoms with E-state index in [1.165, 1.54) is 7.11 Å². The van der Waals surface area contributed by atoms with E-state index in [1.807, 2.05) is 0 Å². The Morgan fingerprint density at radius 2 is 2.00 bits per heavy atom. The first-order chi connectivity index (χ1) is 16.9. The number of nitrogens with zero attached hydrogens (tertiary/aromatic N) is 1. The monoisotopic (exact) mass is 494 g/mol. The number of halogens is 1. The van der Waals surface area contributed by atoms with Crippen LogP contribution in [0.5, 0.6) is 17.2 Å². The minimum Gasteiger partial charge on any atom is -0.496 e. The third-order valence-corrected chi connectivity index (χ3v) is 6.53. The van der Waals surface area contributed by atoms with E-state index in [1.54, 1.807) is 42.6 Å². The molecule has 1 aromatic heterocycles. The Morgan fingerprint density at radius 1 is 1.20 bits per heavy atom. The number of Topliss-reactive ketones (excluding diaryl/α,β-unsaturated/α-hetero) is 1. The van der Waals surface area contributed by atoms with E-state index in [9.17, 15) is 14.7 Å². The maximum atomic E-state index is 12.1. The lowest BCUT2D eigenvalue weighted by Crippen LogP contribution is -2.49. The highest BCUT2D eigenvalue weighted by molar-refractivity contribution is 6.33. The third-order valence-electron chi connectivity index (χ3n) is 6.22. The van der Waals surface area contributed by atoms with Gasteiger partial charge in [-0.3, -0.25) is 14.6 Å². The Kier molecular flexibility index (Phi) is 5.96. The molecule has 1 atom stereocenters. The average molecular weight is 495 g/mol. The number of hydrogen-bond acceptors (Lipinski definition) is 8. The van der Waals surface area contributed by atoms with Crippen molar-refractivity contribution in [3.63, 3.8) is 0 Å². The van der Waals surface area contributed by atoms with Gasteiger partial charge in [0.05, 0.1) is 34.6 Å². The third kappa shape index (κ3) is 4.24. The molecule has 0 aliphatic heterocycles. The quantitative estimate of drug-likeness (QED) is 0.373. The normalized spacial score (nSPS) is 17.6. The second-order valence-electron chi connectivity index (χ2n) is 8.44. The molecule has 1 saturated carbocycles. The summed E-state index contributed by atoms with van der Waals surface area (Å²) in [5.74, 6) is 0.259. The summed E-state index contributed by atoms with van der Waals surface area (Å²) >= 11 is 6.48. The fourth-order valence-electron chi connectivity index (χ4n) is 4.03. The van der Waals surface area contributed by atoms with Crippen LogP contribution in [0.4, 0.5) is 5.69 Å². The predicted molar refractivity (Wildman–Crippen MR) is 131 cm³/mol. The number of fused-ring (bicyclic) bond motifs is 1. The fourth-order valence-corrected chi connectivity index (χ4v) is 4.25. The molecular formula is C25H23ClN4O5. The van der Waals surface area contributed by atoms with Crippen molar-refractivity contribution in [2.45, 2.75) is 31.4 Å². The van der Waals surface area contributed by atoms with Crippen molar-refractivity contribution in [3.8, 4) is 17.2 Å². The van der Waals surface area contributed by atoms with Crippen molar-refractivity contribution in [1.82, 2.24) is 10.3 Å². The second kappa shape index (κ2) is 9.09. The molecule has 0 radical (unpaired) electrons. The number of anilines is 1. The second-order valence-corrected chi connectivity index (χ2v) is 8.85. The summed E-state index contributed by atoms with van der Waals surface area (Å²) in [6.07, 6.45) is 3.51. The first-order valence-electron chi connectivity index (χ1n) is 11.1. The Labute approximate surface area is 205 Å². The number of methoxy groups -OCH3 is 1. The Balaban J connectivity index is 1.40. The molecule has 5 N–H and O–H groups in total. The number of aliphatic hydroxyl groups excluding tert-OH is 1. The van der Waals surface area contributed by atoms with Crippen LogP contribution in [-0.4, -0.2) is 41.0 Å². The smallest absolute Gasteiger partial charge is 0.252 e.